The summed E-state index contributed by atoms with van der Waals surface area (Å²) in [5.74, 6) is -0.109. The Balaban J connectivity index is 2.58. The molecule has 1 fully saturated rings. The van der Waals surface area contributed by atoms with Crippen molar-refractivity contribution >= 4 is 12.2 Å². The first kappa shape index (κ1) is 8.20. The second-order valence-corrected chi connectivity index (χ2v) is 2.46. The summed E-state index contributed by atoms with van der Waals surface area (Å²) < 4.78 is 5.04. The molecule has 1 rings (SSSR count). The maximum absolute atomic E-state index is 10.9. The molecular weight excluding hydrogens is 146 g/mol. The molecule has 4 nitrogen and oxygen atoms in total. The standard InChI is InChI=1S/C7H11NO3/c1-6(10)8-3-2-4-11-7(8)5-9/h5,7H,2-4H2,1H3. The fourth-order valence-corrected chi connectivity index (χ4v) is 1.11. The number of carbonyl (C=O) groups is 2. The van der Waals surface area contributed by atoms with Crippen LogP contribution in [-0.2, 0) is 14.3 Å². The van der Waals surface area contributed by atoms with Gasteiger partial charge in [0.25, 0.3) is 0 Å². The molecule has 0 aromatic carbocycles. The third-order valence-corrected chi connectivity index (χ3v) is 1.66. The number of rotatable bonds is 1. The largest absolute Gasteiger partial charge is 0.351 e. The van der Waals surface area contributed by atoms with E-state index in [-0.39, 0.29) is 5.91 Å². The monoisotopic (exact) mass is 157 g/mol. The van der Waals surface area contributed by atoms with Gasteiger partial charge in [0.1, 0.15) is 0 Å². The van der Waals surface area contributed by atoms with Gasteiger partial charge in [-0.1, -0.05) is 0 Å². The molecule has 1 saturated heterocycles. The molecule has 0 N–H and O–H groups in total. The van der Waals surface area contributed by atoms with Gasteiger partial charge in [0.2, 0.25) is 5.91 Å². The van der Waals surface area contributed by atoms with Gasteiger partial charge < -0.3 is 9.64 Å². The Kier molecular flexibility index (Phi) is 2.59. The van der Waals surface area contributed by atoms with Gasteiger partial charge in [0.05, 0.1) is 6.61 Å². The molecule has 62 valence electrons. The summed E-state index contributed by atoms with van der Waals surface area (Å²) >= 11 is 0. The van der Waals surface area contributed by atoms with Crippen LogP contribution in [0.4, 0.5) is 0 Å². The molecule has 0 aliphatic carbocycles. The van der Waals surface area contributed by atoms with E-state index in [0.29, 0.717) is 19.4 Å². The molecule has 0 aromatic rings. The molecule has 4 heteroatoms. The zero-order valence-corrected chi connectivity index (χ0v) is 6.45. The first-order chi connectivity index (χ1) is 5.25. The van der Waals surface area contributed by atoms with Crippen LogP contribution in [0.25, 0.3) is 0 Å². The van der Waals surface area contributed by atoms with Crippen LogP contribution in [0.1, 0.15) is 13.3 Å². The Hall–Kier alpha value is -0.900. The lowest BCUT2D eigenvalue weighted by Gasteiger charge is -2.31. The number of nitrogens with zero attached hydrogens (tertiary/aromatic N) is 1. The van der Waals surface area contributed by atoms with Crippen LogP contribution in [0.5, 0.6) is 0 Å². The maximum atomic E-state index is 10.9. The van der Waals surface area contributed by atoms with Gasteiger partial charge in [0, 0.05) is 13.5 Å². The molecule has 1 aliphatic heterocycles. The van der Waals surface area contributed by atoms with Crippen molar-refractivity contribution in [2.24, 2.45) is 0 Å². The average molecular weight is 157 g/mol. The van der Waals surface area contributed by atoms with Crippen LogP contribution >= 0.6 is 0 Å². The average Bonchev–Trinajstić information content (AvgIpc) is 2.04. The molecule has 1 unspecified atom stereocenters. The number of hydrogen-bond donors (Lipinski definition) is 0. The van der Waals surface area contributed by atoms with Crippen LogP contribution in [0, 0.1) is 0 Å². The van der Waals surface area contributed by atoms with Gasteiger partial charge in [-0.25, -0.2) is 0 Å². The third-order valence-electron chi connectivity index (χ3n) is 1.66. The first-order valence-corrected chi connectivity index (χ1v) is 3.60. The molecule has 0 saturated carbocycles. The van der Waals surface area contributed by atoms with Gasteiger partial charge in [-0.3, -0.25) is 9.59 Å². The molecule has 1 aliphatic rings. The highest BCUT2D eigenvalue weighted by Crippen LogP contribution is 2.07. The van der Waals surface area contributed by atoms with E-state index in [2.05, 4.69) is 0 Å². The fourth-order valence-electron chi connectivity index (χ4n) is 1.11. The van der Waals surface area contributed by atoms with Gasteiger partial charge in [-0.05, 0) is 6.42 Å². The van der Waals surface area contributed by atoms with Gasteiger partial charge in [-0.2, -0.15) is 0 Å². The van der Waals surface area contributed by atoms with Crippen LogP contribution in [-0.4, -0.2) is 36.5 Å². The lowest BCUT2D eigenvalue weighted by molar-refractivity contribution is -0.157. The second-order valence-electron chi connectivity index (χ2n) is 2.46. The minimum atomic E-state index is -0.652. The molecule has 11 heavy (non-hydrogen) atoms. The predicted octanol–water partition coefficient (Wildman–Crippen LogP) is -0.220. The number of aldehydes is 1. The lowest BCUT2D eigenvalue weighted by atomic mass is 10.3. The van der Waals surface area contributed by atoms with Gasteiger partial charge in [-0.15, -0.1) is 0 Å². The first-order valence-electron chi connectivity index (χ1n) is 3.60. The molecule has 1 amide bonds. The van der Waals surface area contributed by atoms with Crippen LogP contribution < -0.4 is 0 Å². The highest BCUT2D eigenvalue weighted by Gasteiger charge is 2.23. The van der Waals surface area contributed by atoms with E-state index in [1.165, 1.54) is 11.8 Å². The van der Waals surface area contributed by atoms with Crippen LogP contribution in [0.15, 0.2) is 0 Å². The molecule has 0 radical (unpaired) electrons. The van der Waals surface area contributed by atoms with Crippen molar-refractivity contribution in [2.75, 3.05) is 13.2 Å². The topological polar surface area (TPSA) is 46.6 Å². The minimum absolute atomic E-state index is 0.109. The summed E-state index contributed by atoms with van der Waals surface area (Å²) in [5.41, 5.74) is 0. The number of carbonyl (C=O) groups excluding carboxylic acids is 2. The zero-order valence-electron chi connectivity index (χ0n) is 6.45. The number of ether oxygens (including phenoxy) is 1. The quantitative estimate of drug-likeness (QED) is 0.494. The Morgan fingerprint density at radius 2 is 2.45 bits per heavy atom. The van der Waals surface area contributed by atoms with Crippen molar-refractivity contribution in [1.29, 1.82) is 0 Å². The van der Waals surface area contributed by atoms with E-state index in [1.54, 1.807) is 0 Å². The highest BCUT2D eigenvalue weighted by molar-refractivity contribution is 5.77. The summed E-state index contributed by atoms with van der Waals surface area (Å²) in [7, 11) is 0. The van der Waals surface area contributed by atoms with E-state index < -0.39 is 6.23 Å². The summed E-state index contributed by atoms with van der Waals surface area (Å²) in [5, 5.41) is 0. The van der Waals surface area contributed by atoms with Crippen molar-refractivity contribution in [3.05, 3.63) is 0 Å². The number of amides is 1. The molecule has 1 heterocycles. The third kappa shape index (κ3) is 1.77. The van der Waals surface area contributed by atoms with Gasteiger partial charge >= 0.3 is 0 Å². The highest BCUT2D eigenvalue weighted by atomic mass is 16.5. The summed E-state index contributed by atoms with van der Waals surface area (Å²) in [6, 6.07) is 0. The molecule has 0 bridgehead atoms. The van der Waals surface area contributed by atoms with Gasteiger partial charge in [0.15, 0.2) is 12.5 Å². The smallest absolute Gasteiger partial charge is 0.221 e. The van der Waals surface area contributed by atoms with Crippen LogP contribution in [0.2, 0.25) is 0 Å². The van der Waals surface area contributed by atoms with Crippen molar-refractivity contribution < 1.29 is 14.3 Å². The number of hydrogen-bond acceptors (Lipinski definition) is 3. The van der Waals surface area contributed by atoms with Crippen molar-refractivity contribution in [2.45, 2.75) is 19.6 Å². The minimum Gasteiger partial charge on any atom is -0.351 e. The predicted molar refractivity (Wildman–Crippen MR) is 37.8 cm³/mol. The summed E-state index contributed by atoms with van der Waals surface area (Å²) in [6.45, 7) is 2.62. The lowest BCUT2D eigenvalue weighted by Crippen LogP contribution is -2.46. The van der Waals surface area contributed by atoms with Crippen LogP contribution in [0.3, 0.4) is 0 Å². The summed E-state index contributed by atoms with van der Waals surface area (Å²) in [6.07, 6.45) is 0.811. The van der Waals surface area contributed by atoms with E-state index in [4.69, 9.17) is 4.74 Å². The second kappa shape index (κ2) is 3.48. The Labute approximate surface area is 65.1 Å². The molecule has 0 spiro atoms. The summed E-state index contributed by atoms with van der Waals surface area (Å²) in [4.78, 5) is 22.6. The Morgan fingerprint density at radius 1 is 1.73 bits per heavy atom. The zero-order chi connectivity index (χ0) is 8.27. The van der Waals surface area contributed by atoms with Crippen molar-refractivity contribution in [1.82, 2.24) is 4.90 Å². The van der Waals surface area contributed by atoms with Crippen molar-refractivity contribution in [3.63, 3.8) is 0 Å². The SMILES string of the molecule is CC(=O)N1CCCOC1C=O. The van der Waals surface area contributed by atoms with E-state index in [9.17, 15) is 9.59 Å². The Bertz CT molecular complexity index is 169. The van der Waals surface area contributed by atoms with E-state index in [0.717, 1.165) is 6.42 Å². The fraction of sp³-hybridized carbons (Fsp3) is 0.714. The Morgan fingerprint density at radius 3 is 2.91 bits per heavy atom. The molecular formula is C7H11NO3. The van der Waals surface area contributed by atoms with E-state index in [1.807, 2.05) is 0 Å². The van der Waals surface area contributed by atoms with Crippen molar-refractivity contribution in [3.8, 4) is 0 Å². The molecule has 1 atom stereocenters. The van der Waals surface area contributed by atoms with E-state index >= 15 is 0 Å². The normalized spacial score (nSPS) is 24.8. The maximum Gasteiger partial charge on any atom is 0.221 e. The molecule has 0 aromatic heterocycles.